The summed E-state index contributed by atoms with van der Waals surface area (Å²) < 4.78 is 11.0. The van der Waals surface area contributed by atoms with Crippen LogP contribution < -0.4 is 16.4 Å². The minimum Gasteiger partial charge on any atom is -0.391 e. The lowest BCUT2D eigenvalue weighted by atomic mass is 9.85. The van der Waals surface area contributed by atoms with Gasteiger partial charge in [-0.15, -0.1) is 11.3 Å². The van der Waals surface area contributed by atoms with E-state index in [4.69, 9.17) is 15.2 Å². The Morgan fingerprint density at radius 3 is 2.45 bits per heavy atom. The normalized spacial score (nSPS) is 17.5. The minimum absolute atomic E-state index is 0.0162. The average Bonchev–Trinajstić information content (AvgIpc) is 3.60. The van der Waals surface area contributed by atoms with Gasteiger partial charge in [0.15, 0.2) is 0 Å². The number of unbranched alkanes of at least 4 members (excludes halogenated alkanes) is 3. The Morgan fingerprint density at radius 2 is 1.80 bits per heavy atom. The standard InChI is InChI=1S/C32H49N5O6S/c1-22-28(44-21-35-22)24-11-9-23(10-12-24)18-34-30(40)26-17-25(38)19-37(26)31(41)29(32(2,3)4)36-27(39)20-43-16-15-42-14-8-6-5-7-13-33/h9-12,21,25-26,29,38H,5-8,13-20,33H2,1-4H3,(H,34,40)(H,36,39)/t25-,26+,29-/m1/s1. The van der Waals surface area contributed by atoms with Gasteiger partial charge in [-0.2, -0.15) is 0 Å². The van der Waals surface area contributed by atoms with Crippen LogP contribution in [0, 0.1) is 12.3 Å². The van der Waals surface area contributed by atoms with Gasteiger partial charge >= 0.3 is 0 Å². The molecule has 2 aromatic rings. The summed E-state index contributed by atoms with van der Waals surface area (Å²) in [6.45, 7) is 9.57. The third-order valence-electron chi connectivity index (χ3n) is 7.56. The molecule has 12 heteroatoms. The highest BCUT2D eigenvalue weighted by Crippen LogP contribution is 2.28. The maximum Gasteiger partial charge on any atom is 0.246 e. The van der Waals surface area contributed by atoms with Crippen molar-refractivity contribution >= 4 is 29.1 Å². The fourth-order valence-corrected chi connectivity index (χ4v) is 5.88. The molecule has 0 radical (unpaired) electrons. The lowest BCUT2D eigenvalue weighted by molar-refractivity contribution is -0.144. The van der Waals surface area contributed by atoms with E-state index in [1.807, 2.05) is 57.5 Å². The molecule has 244 valence electrons. The zero-order valence-electron chi connectivity index (χ0n) is 26.5. The first kappa shape index (κ1) is 35.6. The summed E-state index contributed by atoms with van der Waals surface area (Å²) in [7, 11) is 0. The number of hydrogen-bond donors (Lipinski definition) is 4. The van der Waals surface area contributed by atoms with Gasteiger partial charge in [-0.1, -0.05) is 57.9 Å². The molecule has 3 rings (SSSR count). The molecule has 0 unspecified atom stereocenters. The number of ether oxygens (including phenoxy) is 2. The van der Waals surface area contributed by atoms with Crippen molar-refractivity contribution in [1.82, 2.24) is 20.5 Å². The van der Waals surface area contributed by atoms with Gasteiger partial charge in [-0.3, -0.25) is 14.4 Å². The van der Waals surface area contributed by atoms with Crippen molar-refractivity contribution in [3.8, 4) is 10.4 Å². The summed E-state index contributed by atoms with van der Waals surface area (Å²) in [4.78, 5) is 46.5. The van der Waals surface area contributed by atoms with Crippen LogP contribution in [0.2, 0.25) is 0 Å². The Morgan fingerprint density at radius 1 is 1.09 bits per heavy atom. The van der Waals surface area contributed by atoms with Crippen molar-refractivity contribution in [2.24, 2.45) is 11.1 Å². The summed E-state index contributed by atoms with van der Waals surface area (Å²) in [6, 6.07) is 6.14. The van der Waals surface area contributed by atoms with Crippen LogP contribution in [0.1, 0.15) is 64.1 Å². The van der Waals surface area contributed by atoms with Crippen molar-refractivity contribution in [1.29, 1.82) is 0 Å². The fourth-order valence-electron chi connectivity index (χ4n) is 5.07. The van der Waals surface area contributed by atoms with Crippen LogP contribution in [-0.4, -0.2) is 90.4 Å². The number of β-amino-alcohol motifs (C(OH)–C–C–N with tert-alkyl or cyclic N) is 1. The Hall–Kier alpha value is -2.90. The molecule has 5 N–H and O–H groups in total. The second-order valence-corrected chi connectivity index (χ2v) is 13.2. The predicted molar refractivity (Wildman–Crippen MR) is 171 cm³/mol. The highest BCUT2D eigenvalue weighted by Gasteiger charge is 2.44. The lowest BCUT2D eigenvalue weighted by Crippen LogP contribution is -2.58. The maximum absolute atomic E-state index is 13.7. The quantitative estimate of drug-likeness (QED) is 0.194. The van der Waals surface area contributed by atoms with Crippen molar-refractivity contribution in [2.75, 3.05) is 39.5 Å². The zero-order valence-corrected chi connectivity index (χ0v) is 27.3. The van der Waals surface area contributed by atoms with E-state index >= 15 is 0 Å². The molecule has 1 fully saturated rings. The molecule has 44 heavy (non-hydrogen) atoms. The second kappa shape index (κ2) is 17.6. The maximum atomic E-state index is 13.7. The second-order valence-electron chi connectivity index (χ2n) is 12.3. The lowest BCUT2D eigenvalue weighted by Gasteiger charge is -2.35. The molecule has 1 aromatic heterocycles. The topological polar surface area (TPSA) is 156 Å². The van der Waals surface area contributed by atoms with Crippen molar-refractivity contribution < 1.29 is 29.0 Å². The summed E-state index contributed by atoms with van der Waals surface area (Å²) >= 11 is 1.58. The number of aliphatic hydroxyl groups is 1. The highest BCUT2D eigenvalue weighted by atomic mass is 32.1. The van der Waals surface area contributed by atoms with E-state index in [2.05, 4.69) is 15.6 Å². The van der Waals surface area contributed by atoms with Crippen LogP contribution in [0.25, 0.3) is 10.4 Å². The van der Waals surface area contributed by atoms with E-state index in [-0.39, 0.29) is 38.6 Å². The predicted octanol–water partition coefficient (Wildman–Crippen LogP) is 2.78. The Bertz CT molecular complexity index is 1200. The largest absolute Gasteiger partial charge is 0.391 e. The zero-order chi connectivity index (χ0) is 32.1. The Kier molecular flexibility index (Phi) is 14.2. The number of nitrogens with one attached hydrogen (secondary N) is 2. The van der Waals surface area contributed by atoms with Crippen LogP contribution in [0.4, 0.5) is 0 Å². The molecule has 11 nitrogen and oxygen atoms in total. The first-order valence-electron chi connectivity index (χ1n) is 15.4. The smallest absolute Gasteiger partial charge is 0.246 e. The van der Waals surface area contributed by atoms with Gasteiger partial charge in [0.2, 0.25) is 17.7 Å². The van der Waals surface area contributed by atoms with Gasteiger partial charge in [0.25, 0.3) is 0 Å². The molecule has 1 aromatic carbocycles. The SMILES string of the molecule is Cc1ncsc1-c1ccc(CNC(=O)[C@@H]2C[C@@H](O)CN2C(=O)[C@@H](NC(=O)COCCOCCCCCCN)C(C)(C)C)cc1. The van der Waals surface area contributed by atoms with Crippen LogP contribution in [0.5, 0.6) is 0 Å². The van der Waals surface area contributed by atoms with Gasteiger partial charge in [-0.25, -0.2) is 4.98 Å². The first-order valence-corrected chi connectivity index (χ1v) is 16.3. The monoisotopic (exact) mass is 631 g/mol. The fraction of sp³-hybridized carbons (Fsp3) is 0.625. The molecule has 1 aliphatic rings. The van der Waals surface area contributed by atoms with Gasteiger partial charge in [-0.05, 0) is 42.9 Å². The van der Waals surface area contributed by atoms with Crippen LogP contribution in [0.15, 0.2) is 29.8 Å². The number of carbonyl (C=O) groups excluding carboxylic acids is 3. The number of thiazole rings is 1. The number of rotatable bonds is 17. The number of aromatic nitrogens is 1. The van der Waals surface area contributed by atoms with E-state index < -0.39 is 35.4 Å². The first-order chi connectivity index (χ1) is 21.0. The number of benzene rings is 1. The minimum atomic E-state index is -0.910. The third-order valence-corrected chi connectivity index (χ3v) is 8.54. The van der Waals surface area contributed by atoms with Crippen LogP contribution >= 0.6 is 11.3 Å². The van der Waals surface area contributed by atoms with E-state index in [1.165, 1.54) is 4.90 Å². The van der Waals surface area contributed by atoms with Gasteiger partial charge < -0.3 is 35.8 Å². The number of nitrogens with zero attached hydrogens (tertiary/aromatic N) is 2. The van der Waals surface area contributed by atoms with Gasteiger partial charge in [0, 0.05) is 26.1 Å². The van der Waals surface area contributed by atoms with Crippen molar-refractivity contribution in [3.63, 3.8) is 0 Å². The molecule has 1 saturated heterocycles. The van der Waals surface area contributed by atoms with Crippen LogP contribution in [0.3, 0.4) is 0 Å². The molecule has 3 amide bonds. The Labute approximate surface area is 264 Å². The summed E-state index contributed by atoms with van der Waals surface area (Å²) in [5, 5.41) is 16.1. The molecule has 2 heterocycles. The molecular formula is C32H49N5O6S. The van der Waals surface area contributed by atoms with E-state index in [0.717, 1.165) is 47.4 Å². The van der Waals surface area contributed by atoms with Crippen molar-refractivity contribution in [2.45, 2.75) is 84.5 Å². The number of carbonyl (C=O) groups is 3. The number of likely N-dealkylation sites (tertiary alicyclic amines) is 1. The number of nitrogens with two attached hydrogens (primary N) is 1. The number of aryl methyl sites for hydroxylation is 1. The molecule has 0 aliphatic carbocycles. The van der Waals surface area contributed by atoms with Crippen molar-refractivity contribution in [3.05, 3.63) is 41.0 Å². The number of aliphatic hydroxyl groups excluding tert-OH is 1. The highest BCUT2D eigenvalue weighted by molar-refractivity contribution is 7.13. The molecule has 0 saturated carbocycles. The average molecular weight is 632 g/mol. The van der Waals surface area contributed by atoms with E-state index in [0.29, 0.717) is 19.8 Å². The summed E-state index contributed by atoms with van der Waals surface area (Å²) in [6.07, 6.45) is 3.43. The molecular weight excluding hydrogens is 582 g/mol. The third kappa shape index (κ3) is 10.9. The molecule has 3 atom stereocenters. The summed E-state index contributed by atoms with van der Waals surface area (Å²) in [5.74, 6) is -1.19. The molecule has 1 aliphatic heterocycles. The number of amides is 3. The number of hydrogen-bond acceptors (Lipinski definition) is 9. The van der Waals surface area contributed by atoms with E-state index in [1.54, 1.807) is 11.3 Å². The van der Waals surface area contributed by atoms with Gasteiger partial charge in [0.1, 0.15) is 18.7 Å². The Balaban J connectivity index is 1.49. The van der Waals surface area contributed by atoms with E-state index in [9.17, 15) is 19.5 Å². The summed E-state index contributed by atoms with van der Waals surface area (Å²) in [5.41, 5.74) is 9.61. The molecule has 0 bridgehead atoms. The molecule has 0 spiro atoms. The van der Waals surface area contributed by atoms with Crippen LogP contribution in [-0.2, 0) is 30.4 Å². The van der Waals surface area contributed by atoms with Gasteiger partial charge in [0.05, 0.1) is 35.4 Å².